The lowest BCUT2D eigenvalue weighted by atomic mass is 10.0. The third-order valence-electron chi connectivity index (χ3n) is 3.76. The first-order chi connectivity index (χ1) is 10.5. The maximum absolute atomic E-state index is 12.2. The molecular weight excluding hydrogens is 338 g/mol. The van der Waals surface area contributed by atoms with Gasteiger partial charge in [0.05, 0.1) is 12.5 Å². The van der Waals surface area contributed by atoms with Crippen LogP contribution in [-0.2, 0) is 11.2 Å². The summed E-state index contributed by atoms with van der Waals surface area (Å²) < 4.78 is 1.02. The van der Waals surface area contributed by atoms with Crippen LogP contribution in [0, 0.1) is 0 Å². The molecule has 0 aromatic heterocycles. The fourth-order valence-electron chi connectivity index (χ4n) is 2.40. The molecule has 22 heavy (non-hydrogen) atoms. The fourth-order valence-corrected chi connectivity index (χ4v) is 3.03. The smallest absolute Gasteiger partial charge is 0.224 e. The first kappa shape index (κ1) is 16.8. The fraction of sp³-hybridized carbons (Fsp3) is 0.316. The zero-order valence-electron chi connectivity index (χ0n) is 13.3. The van der Waals surface area contributed by atoms with E-state index in [-0.39, 0.29) is 11.9 Å². The number of benzene rings is 2. The van der Waals surface area contributed by atoms with Crippen LogP contribution in [0.3, 0.4) is 0 Å². The minimum atomic E-state index is -0.0157. The summed E-state index contributed by atoms with van der Waals surface area (Å²) >= 11 is 3.52. The average molecular weight is 360 g/mol. The largest absolute Gasteiger partial charge is 0.349 e. The lowest BCUT2D eigenvalue weighted by molar-refractivity contribution is -0.121. The van der Waals surface area contributed by atoms with Crippen molar-refractivity contribution in [2.75, 3.05) is 0 Å². The van der Waals surface area contributed by atoms with Gasteiger partial charge in [-0.2, -0.15) is 0 Å². The van der Waals surface area contributed by atoms with Crippen molar-refractivity contribution >= 4 is 21.8 Å². The van der Waals surface area contributed by atoms with Crippen molar-refractivity contribution in [1.29, 1.82) is 0 Å². The number of hydrogen-bond acceptors (Lipinski definition) is 1. The molecular formula is C19H22BrNO. The summed E-state index contributed by atoms with van der Waals surface area (Å²) in [4.78, 5) is 12.2. The van der Waals surface area contributed by atoms with E-state index >= 15 is 0 Å². The second kappa shape index (κ2) is 7.59. The van der Waals surface area contributed by atoms with Gasteiger partial charge in [0.25, 0.3) is 0 Å². The van der Waals surface area contributed by atoms with Crippen molar-refractivity contribution in [2.45, 2.75) is 39.2 Å². The molecule has 2 nitrogen and oxygen atoms in total. The minimum Gasteiger partial charge on any atom is -0.349 e. The van der Waals surface area contributed by atoms with Gasteiger partial charge >= 0.3 is 0 Å². The summed E-state index contributed by atoms with van der Waals surface area (Å²) in [5.41, 5.74) is 3.43. The highest BCUT2D eigenvalue weighted by molar-refractivity contribution is 9.10. The van der Waals surface area contributed by atoms with E-state index < -0.39 is 0 Å². The van der Waals surface area contributed by atoms with Crippen molar-refractivity contribution in [2.24, 2.45) is 0 Å². The molecule has 1 amide bonds. The molecule has 0 fully saturated rings. The second-order valence-corrected chi connectivity index (χ2v) is 6.74. The van der Waals surface area contributed by atoms with Crippen LogP contribution in [0.4, 0.5) is 0 Å². The zero-order valence-corrected chi connectivity index (χ0v) is 14.9. The molecule has 0 spiro atoms. The highest BCUT2D eigenvalue weighted by Crippen LogP contribution is 2.22. The Balaban J connectivity index is 1.96. The van der Waals surface area contributed by atoms with Gasteiger partial charge < -0.3 is 5.32 Å². The molecule has 1 N–H and O–H groups in total. The Labute approximate surface area is 141 Å². The molecule has 3 heteroatoms. The Bertz CT molecular complexity index is 634. The summed E-state index contributed by atoms with van der Waals surface area (Å²) in [6.45, 7) is 6.34. The first-order valence-corrected chi connectivity index (χ1v) is 8.39. The van der Waals surface area contributed by atoms with Crippen LogP contribution in [0.25, 0.3) is 0 Å². The maximum atomic E-state index is 12.2. The Morgan fingerprint density at radius 2 is 1.68 bits per heavy atom. The molecule has 1 unspecified atom stereocenters. The molecule has 116 valence electrons. The quantitative estimate of drug-likeness (QED) is 0.799. The summed E-state index contributed by atoms with van der Waals surface area (Å²) in [5, 5.41) is 3.05. The number of rotatable bonds is 5. The van der Waals surface area contributed by atoms with E-state index in [0.717, 1.165) is 15.6 Å². The molecule has 0 bridgehead atoms. The maximum Gasteiger partial charge on any atom is 0.224 e. The summed E-state index contributed by atoms with van der Waals surface area (Å²) in [6, 6.07) is 16.2. The molecule has 0 aliphatic rings. The summed E-state index contributed by atoms with van der Waals surface area (Å²) in [6.07, 6.45) is 0.410. The molecule has 2 rings (SSSR count). The first-order valence-electron chi connectivity index (χ1n) is 7.60. The minimum absolute atomic E-state index is 0.0157. The van der Waals surface area contributed by atoms with Crippen molar-refractivity contribution in [1.82, 2.24) is 5.32 Å². The van der Waals surface area contributed by atoms with E-state index in [2.05, 4.69) is 47.2 Å². The van der Waals surface area contributed by atoms with E-state index in [4.69, 9.17) is 0 Å². The summed E-state index contributed by atoms with van der Waals surface area (Å²) in [5.74, 6) is 0.555. The normalized spacial score (nSPS) is 12.2. The van der Waals surface area contributed by atoms with Gasteiger partial charge in [0.2, 0.25) is 5.91 Å². The lowest BCUT2D eigenvalue weighted by Crippen LogP contribution is -2.28. The zero-order chi connectivity index (χ0) is 16.1. The predicted octanol–water partition coefficient (Wildman–Crippen LogP) is 4.99. The number of hydrogen-bond donors (Lipinski definition) is 1. The van der Waals surface area contributed by atoms with Crippen molar-refractivity contribution < 1.29 is 4.79 Å². The molecule has 0 saturated heterocycles. The Kier molecular flexibility index (Phi) is 5.78. The van der Waals surface area contributed by atoms with Gasteiger partial charge in [-0.25, -0.2) is 0 Å². The standard InChI is InChI=1S/C19H22BrNO/c1-13(2)16-10-8-15(9-11-16)12-19(22)21-14(3)17-6-4-5-7-18(17)20/h4-11,13-14H,12H2,1-3H3,(H,21,22). The number of amides is 1. The lowest BCUT2D eigenvalue weighted by Gasteiger charge is -2.16. The van der Waals surface area contributed by atoms with Crippen LogP contribution in [0.2, 0.25) is 0 Å². The average Bonchev–Trinajstić information content (AvgIpc) is 2.48. The Morgan fingerprint density at radius 3 is 2.27 bits per heavy atom. The predicted molar refractivity (Wildman–Crippen MR) is 94.9 cm³/mol. The Hall–Kier alpha value is -1.61. The third-order valence-corrected chi connectivity index (χ3v) is 4.48. The van der Waals surface area contributed by atoms with E-state index in [9.17, 15) is 4.79 Å². The van der Waals surface area contributed by atoms with Gasteiger partial charge in [-0.15, -0.1) is 0 Å². The molecule has 0 aliphatic carbocycles. The number of carbonyl (C=O) groups is 1. The SMILES string of the molecule is CC(C)c1ccc(CC(=O)NC(C)c2ccccc2Br)cc1. The van der Waals surface area contributed by atoms with E-state index in [1.807, 2.05) is 43.3 Å². The summed E-state index contributed by atoms with van der Waals surface area (Å²) in [7, 11) is 0. The van der Waals surface area contributed by atoms with Crippen LogP contribution in [0.15, 0.2) is 53.0 Å². The van der Waals surface area contributed by atoms with Gasteiger partial charge in [0.1, 0.15) is 0 Å². The highest BCUT2D eigenvalue weighted by atomic mass is 79.9. The van der Waals surface area contributed by atoms with Crippen LogP contribution in [0.5, 0.6) is 0 Å². The van der Waals surface area contributed by atoms with E-state index in [0.29, 0.717) is 12.3 Å². The number of carbonyl (C=O) groups excluding carboxylic acids is 1. The van der Waals surface area contributed by atoms with Crippen LogP contribution in [-0.4, -0.2) is 5.91 Å². The van der Waals surface area contributed by atoms with Gasteiger partial charge in [-0.3, -0.25) is 4.79 Å². The number of halogens is 1. The van der Waals surface area contributed by atoms with Gasteiger partial charge in [0, 0.05) is 4.47 Å². The Morgan fingerprint density at radius 1 is 1.05 bits per heavy atom. The molecule has 2 aromatic rings. The second-order valence-electron chi connectivity index (χ2n) is 5.88. The number of nitrogens with one attached hydrogen (secondary N) is 1. The molecule has 0 radical (unpaired) electrons. The topological polar surface area (TPSA) is 29.1 Å². The van der Waals surface area contributed by atoms with Gasteiger partial charge in [0.15, 0.2) is 0 Å². The van der Waals surface area contributed by atoms with Crippen molar-refractivity contribution in [3.8, 4) is 0 Å². The molecule has 1 atom stereocenters. The highest BCUT2D eigenvalue weighted by Gasteiger charge is 2.12. The molecule has 0 saturated carbocycles. The van der Waals surface area contributed by atoms with E-state index in [1.54, 1.807) is 0 Å². The van der Waals surface area contributed by atoms with Crippen molar-refractivity contribution in [3.63, 3.8) is 0 Å². The van der Waals surface area contributed by atoms with Crippen LogP contribution in [0.1, 0.15) is 49.4 Å². The molecule has 0 heterocycles. The van der Waals surface area contributed by atoms with Gasteiger partial charge in [-0.1, -0.05) is 72.2 Å². The van der Waals surface area contributed by atoms with Crippen LogP contribution < -0.4 is 5.32 Å². The monoisotopic (exact) mass is 359 g/mol. The van der Waals surface area contributed by atoms with Gasteiger partial charge in [-0.05, 0) is 35.6 Å². The molecule has 2 aromatic carbocycles. The third kappa shape index (κ3) is 4.44. The molecule has 0 aliphatic heterocycles. The van der Waals surface area contributed by atoms with Crippen LogP contribution >= 0.6 is 15.9 Å². The van der Waals surface area contributed by atoms with Crippen molar-refractivity contribution in [3.05, 3.63) is 69.7 Å². The van der Waals surface area contributed by atoms with E-state index in [1.165, 1.54) is 5.56 Å².